The largest absolute Gasteiger partial charge is 0.377 e. The van der Waals surface area contributed by atoms with Crippen molar-refractivity contribution in [2.45, 2.75) is 18.9 Å². The number of nitriles is 1. The summed E-state index contributed by atoms with van der Waals surface area (Å²) in [5.74, 6) is 0.00347. The number of ether oxygens (including phenoxy) is 1. The Morgan fingerprint density at radius 3 is 2.63 bits per heavy atom. The molecule has 1 aliphatic heterocycles. The van der Waals surface area contributed by atoms with E-state index < -0.39 is 10.0 Å². The highest BCUT2D eigenvalue weighted by atomic mass is 32.2. The predicted molar refractivity (Wildman–Crippen MR) is 72.3 cm³/mol. The topological polar surface area (TPSA) is 70.4 Å². The first-order valence-corrected chi connectivity index (χ1v) is 7.72. The van der Waals surface area contributed by atoms with E-state index in [1.807, 2.05) is 6.07 Å². The summed E-state index contributed by atoms with van der Waals surface area (Å²) in [4.78, 5) is 0. The molecule has 0 N–H and O–H groups in total. The van der Waals surface area contributed by atoms with E-state index >= 15 is 0 Å². The number of nitrogens with zero attached hydrogens (tertiary/aromatic N) is 2. The van der Waals surface area contributed by atoms with Gasteiger partial charge >= 0.3 is 0 Å². The number of hydrogen-bond acceptors (Lipinski definition) is 4. The van der Waals surface area contributed by atoms with Crippen molar-refractivity contribution >= 4 is 15.7 Å². The van der Waals surface area contributed by atoms with Crippen LogP contribution < -0.4 is 4.31 Å². The van der Waals surface area contributed by atoms with Crippen LogP contribution in [-0.4, -0.2) is 33.9 Å². The second-order valence-electron chi connectivity index (χ2n) is 4.54. The zero-order valence-corrected chi connectivity index (χ0v) is 11.6. The van der Waals surface area contributed by atoms with Crippen molar-refractivity contribution < 1.29 is 13.2 Å². The predicted octanol–water partition coefficient (Wildman–Crippen LogP) is 1.50. The average Bonchev–Trinajstić information content (AvgIpc) is 2.90. The second kappa shape index (κ2) is 5.59. The molecule has 0 spiro atoms. The van der Waals surface area contributed by atoms with E-state index in [2.05, 4.69) is 0 Å². The lowest BCUT2D eigenvalue weighted by atomic mass is 10.2. The van der Waals surface area contributed by atoms with E-state index in [-0.39, 0.29) is 11.9 Å². The number of rotatable bonds is 4. The maximum absolute atomic E-state index is 12.2. The molecular weight excluding hydrogens is 264 g/mol. The van der Waals surface area contributed by atoms with E-state index in [1.54, 1.807) is 24.3 Å². The molecule has 1 unspecified atom stereocenters. The van der Waals surface area contributed by atoms with Gasteiger partial charge in [-0.15, -0.1) is 0 Å². The molecular formula is C13H16N2O3S. The molecule has 1 aromatic carbocycles. The summed E-state index contributed by atoms with van der Waals surface area (Å²) in [6.07, 6.45) is 1.51. The van der Waals surface area contributed by atoms with E-state index in [4.69, 9.17) is 10.00 Å². The van der Waals surface area contributed by atoms with Gasteiger partial charge in [-0.25, -0.2) is 8.42 Å². The maximum atomic E-state index is 12.2. The quantitative estimate of drug-likeness (QED) is 0.838. The lowest BCUT2D eigenvalue weighted by Gasteiger charge is -2.21. The van der Waals surface area contributed by atoms with E-state index in [1.165, 1.54) is 11.4 Å². The van der Waals surface area contributed by atoms with Crippen molar-refractivity contribution in [3.63, 3.8) is 0 Å². The third-order valence-electron chi connectivity index (χ3n) is 3.20. The Bertz CT molecular complexity index is 569. The fraction of sp³-hybridized carbons (Fsp3) is 0.462. The number of benzene rings is 1. The van der Waals surface area contributed by atoms with Gasteiger partial charge in [0.2, 0.25) is 10.0 Å². The summed E-state index contributed by atoms with van der Waals surface area (Å²) in [5.41, 5.74) is 1.06. The molecule has 102 valence electrons. The van der Waals surface area contributed by atoms with Crippen molar-refractivity contribution in [3.8, 4) is 6.07 Å². The Hall–Kier alpha value is -1.58. The van der Waals surface area contributed by atoms with Crippen LogP contribution in [0.2, 0.25) is 0 Å². The molecule has 0 aromatic heterocycles. The molecule has 0 saturated carbocycles. The maximum Gasteiger partial charge on any atom is 0.237 e. The Morgan fingerprint density at radius 1 is 1.42 bits per heavy atom. The van der Waals surface area contributed by atoms with E-state index in [0.29, 0.717) is 17.9 Å². The smallest absolute Gasteiger partial charge is 0.237 e. The highest BCUT2D eigenvalue weighted by Crippen LogP contribution is 2.20. The van der Waals surface area contributed by atoms with E-state index in [9.17, 15) is 8.42 Å². The van der Waals surface area contributed by atoms with Gasteiger partial charge < -0.3 is 4.74 Å². The van der Waals surface area contributed by atoms with Crippen LogP contribution in [0.1, 0.15) is 18.4 Å². The van der Waals surface area contributed by atoms with Crippen LogP contribution in [0, 0.1) is 11.3 Å². The third-order valence-corrected chi connectivity index (χ3v) is 5.04. The summed E-state index contributed by atoms with van der Waals surface area (Å²) in [6, 6.07) is 8.47. The SMILES string of the molecule is CN(c1ccc(C#N)cc1)S(=O)(=O)CC1CCCO1. The van der Waals surface area contributed by atoms with Crippen LogP contribution in [0.15, 0.2) is 24.3 Å². The Morgan fingerprint density at radius 2 is 2.11 bits per heavy atom. The zero-order valence-electron chi connectivity index (χ0n) is 10.7. The first-order valence-electron chi connectivity index (χ1n) is 6.11. The number of anilines is 1. The van der Waals surface area contributed by atoms with Crippen LogP contribution in [0.4, 0.5) is 5.69 Å². The monoisotopic (exact) mass is 280 g/mol. The third kappa shape index (κ3) is 3.25. The van der Waals surface area contributed by atoms with Gasteiger partial charge in [-0.3, -0.25) is 4.31 Å². The van der Waals surface area contributed by atoms with Crippen LogP contribution in [-0.2, 0) is 14.8 Å². The molecule has 1 aliphatic rings. The van der Waals surface area contributed by atoms with Crippen LogP contribution in [0.25, 0.3) is 0 Å². The van der Waals surface area contributed by atoms with Crippen molar-refractivity contribution in [2.75, 3.05) is 23.7 Å². The van der Waals surface area contributed by atoms with Gasteiger partial charge in [-0.05, 0) is 37.1 Å². The van der Waals surface area contributed by atoms with Crippen LogP contribution in [0.5, 0.6) is 0 Å². The molecule has 0 aliphatic carbocycles. The van der Waals surface area contributed by atoms with Crippen molar-refractivity contribution in [1.82, 2.24) is 0 Å². The molecule has 5 nitrogen and oxygen atoms in total. The lowest BCUT2D eigenvalue weighted by molar-refractivity contribution is 0.127. The number of hydrogen-bond donors (Lipinski definition) is 0. The van der Waals surface area contributed by atoms with Crippen molar-refractivity contribution in [1.29, 1.82) is 5.26 Å². The van der Waals surface area contributed by atoms with Gasteiger partial charge in [-0.1, -0.05) is 0 Å². The first-order chi connectivity index (χ1) is 9.03. The average molecular weight is 280 g/mol. The van der Waals surface area contributed by atoms with Gasteiger partial charge in [0.1, 0.15) is 0 Å². The van der Waals surface area contributed by atoms with E-state index in [0.717, 1.165) is 12.8 Å². The molecule has 1 aromatic rings. The molecule has 0 bridgehead atoms. The normalized spacial score (nSPS) is 19.1. The van der Waals surface area contributed by atoms with Crippen molar-refractivity contribution in [2.24, 2.45) is 0 Å². The molecule has 1 heterocycles. The fourth-order valence-corrected chi connectivity index (χ4v) is 3.43. The Kier molecular flexibility index (Phi) is 4.08. The molecule has 1 fully saturated rings. The minimum Gasteiger partial charge on any atom is -0.377 e. The highest BCUT2D eigenvalue weighted by molar-refractivity contribution is 7.92. The van der Waals surface area contributed by atoms with Crippen LogP contribution in [0.3, 0.4) is 0 Å². The second-order valence-corrected chi connectivity index (χ2v) is 6.58. The fourth-order valence-electron chi connectivity index (χ4n) is 2.03. The molecule has 19 heavy (non-hydrogen) atoms. The van der Waals surface area contributed by atoms with Crippen LogP contribution >= 0.6 is 0 Å². The minimum atomic E-state index is -3.39. The molecule has 1 saturated heterocycles. The highest BCUT2D eigenvalue weighted by Gasteiger charge is 2.26. The summed E-state index contributed by atoms with van der Waals surface area (Å²) >= 11 is 0. The molecule has 6 heteroatoms. The summed E-state index contributed by atoms with van der Waals surface area (Å²) in [6.45, 7) is 0.640. The molecule has 0 radical (unpaired) electrons. The summed E-state index contributed by atoms with van der Waals surface area (Å²) in [7, 11) is -1.87. The Balaban J connectivity index is 2.12. The van der Waals surface area contributed by atoms with Gasteiger partial charge in [0.05, 0.1) is 29.2 Å². The molecule has 2 rings (SSSR count). The standard InChI is InChI=1S/C13H16N2O3S/c1-15(12-6-4-11(9-14)5-7-12)19(16,17)10-13-3-2-8-18-13/h4-7,13H,2-3,8,10H2,1H3. The summed E-state index contributed by atoms with van der Waals surface area (Å²) < 4.78 is 31.1. The first kappa shape index (κ1) is 13.8. The zero-order chi connectivity index (χ0) is 13.9. The van der Waals surface area contributed by atoms with Crippen molar-refractivity contribution in [3.05, 3.63) is 29.8 Å². The van der Waals surface area contributed by atoms with Gasteiger partial charge in [-0.2, -0.15) is 5.26 Å². The summed E-state index contributed by atoms with van der Waals surface area (Å²) in [5, 5.41) is 8.72. The van der Waals surface area contributed by atoms with Gasteiger partial charge in [0.15, 0.2) is 0 Å². The molecule has 1 atom stereocenters. The minimum absolute atomic E-state index is 0.00347. The van der Waals surface area contributed by atoms with Gasteiger partial charge in [0, 0.05) is 13.7 Å². The number of sulfonamides is 1. The Labute approximate surface area is 113 Å². The lowest BCUT2D eigenvalue weighted by Crippen LogP contribution is -2.33. The molecule has 0 amide bonds. The van der Waals surface area contributed by atoms with Gasteiger partial charge in [0.25, 0.3) is 0 Å².